The smallest absolute Gasteiger partial charge is 0.167 e. The first-order valence-electron chi connectivity index (χ1n) is 8.79. The number of nitrogens with two attached hydrogens (primary N) is 1. The van der Waals surface area contributed by atoms with Crippen molar-refractivity contribution in [1.82, 2.24) is 24.4 Å². The largest absolute Gasteiger partial charge is 0.394 e. The minimum absolute atomic E-state index is 0.278. The molecule has 0 unspecified atom stereocenters. The molecule has 0 spiro atoms. The third-order valence-corrected chi connectivity index (χ3v) is 5.86. The summed E-state index contributed by atoms with van der Waals surface area (Å²) in [5.41, 5.74) is 5.89. The highest BCUT2D eigenvalue weighted by Crippen LogP contribution is 2.43. The van der Waals surface area contributed by atoms with E-state index in [1.165, 1.54) is 6.33 Å². The summed E-state index contributed by atoms with van der Waals surface area (Å²) in [5.74, 6) is 0.278. The molecule has 2 aromatic heterocycles. The van der Waals surface area contributed by atoms with Crippen molar-refractivity contribution in [2.45, 2.75) is 43.5 Å². The number of hydrogen-bond acceptors (Lipinski definition) is 9. The fraction of sp³-hybridized carbons (Fsp3) is 0.688. The van der Waals surface area contributed by atoms with Crippen LogP contribution in [0.3, 0.4) is 0 Å². The molecule has 1 saturated heterocycles. The Morgan fingerprint density at radius 3 is 2.69 bits per heavy atom. The van der Waals surface area contributed by atoms with E-state index in [9.17, 15) is 10.2 Å². The monoisotopic (exact) mass is 382 g/mol. The summed E-state index contributed by atoms with van der Waals surface area (Å²) >= 11 is 4.65. The van der Waals surface area contributed by atoms with Crippen LogP contribution in [-0.2, 0) is 10.5 Å². The van der Waals surface area contributed by atoms with Crippen LogP contribution in [-0.4, -0.2) is 78.3 Å². The maximum atomic E-state index is 10.5. The van der Waals surface area contributed by atoms with Crippen LogP contribution in [0.2, 0.25) is 0 Å². The SMILES string of the molecule is CCN(CC)CC[C@@]1(n2cnc3c(N)ncnc32)O[C@H](CO)[C@@H](O)[C@H]1S. The summed E-state index contributed by atoms with van der Waals surface area (Å²) < 4.78 is 7.94. The van der Waals surface area contributed by atoms with Gasteiger partial charge in [-0.15, -0.1) is 0 Å². The second kappa shape index (κ2) is 7.65. The van der Waals surface area contributed by atoms with Crippen molar-refractivity contribution in [3.8, 4) is 0 Å². The number of imidazole rings is 1. The average Bonchev–Trinajstić information content (AvgIpc) is 3.19. The molecule has 0 aromatic carbocycles. The number of aromatic nitrogens is 4. The number of hydrogen-bond donors (Lipinski definition) is 4. The van der Waals surface area contributed by atoms with E-state index < -0.39 is 23.2 Å². The fourth-order valence-electron chi connectivity index (χ4n) is 3.53. The number of fused-ring (bicyclic) bond motifs is 1. The molecule has 2 aromatic rings. The van der Waals surface area contributed by atoms with Crippen LogP contribution in [0.1, 0.15) is 20.3 Å². The first-order valence-corrected chi connectivity index (χ1v) is 9.31. The molecular weight excluding hydrogens is 356 g/mol. The summed E-state index contributed by atoms with van der Waals surface area (Å²) in [6.45, 7) is 6.42. The molecule has 144 valence electrons. The van der Waals surface area contributed by atoms with E-state index in [4.69, 9.17) is 10.5 Å². The molecule has 1 fully saturated rings. The molecule has 0 radical (unpaired) electrons. The van der Waals surface area contributed by atoms with E-state index in [1.54, 1.807) is 10.9 Å². The van der Waals surface area contributed by atoms with Gasteiger partial charge in [-0.05, 0) is 13.1 Å². The van der Waals surface area contributed by atoms with Crippen LogP contribution in [0.15, 0.2) is 12.7 Å². The quantitative estimate of drug-likeness (QED) is 0.488. The van der Waals surface area contributed by atoms with E-state index in [0.717, 1.165) is 19.6 Å². The molecule has 4 atom stereocenters. The Morgan fingerprint density at radius 1 is 1.35 bits per heavy atom. The summed E-state index contributed by atoms with van der Waals surface area (Å²) in [5, 5.41) is 19.6. The normalized spacial score (nSPS) is 29.1. The Balaban J connectivity index is 2.07. The number of anilines is 1. The van der Waals surface area contributed by atoms with Crippen LogP contribution in [0.25, 0.3) is 11.2 Å². The zero-order valence-electron chi connectivity index (χ0n) is 15.0. The van der Waals surface area contributed by atoms with Crippen molar-refractivity contribution in [3.05, 3.63) is 12.7 Å². The molecule has 1 aliphatic rings. The number of ether oxygens (including phenoxy) is 1. The lowest BCUT2D eigenvalue weighted by atomic mass is 10.0. The molecule has 26 heavy (non-hydrogen) atoms. The van der Waals surface area contributed by atoms with Gasteiger partial charge < -0.3 is 25.6 Å². The second-order valence-electron chi connectivity index (χ2n) is 6.44. The summed E-state index contributed by atoms with van der Waals surface area (Å²) in [6.07, 6.45) is 1.86. The van der Waals surface area contributed by atoms with Crippen LogP contribution >= 0.6 is 12.6 Å². The topological polar surface area (TPSA) is 123 Å². The third-order valence-electron chi connectivity index (χ3n) is 5.15. The predicted molar refractivity (Wildman–Crippen MR) is 101 cm³/mol. The van der Waals surface area contributed by atoms with Gasteiger partial charge in [0.05, 0.1) is 24.3 Å². The van der Waals surface area contributed by atoms with E-state index in [-0.39, 0.29) is 12.4 Å². The molecule has 0 aliphatic carbocycles. The Hall–Kier alpha value is -1.46. The number of nitrogens with zero attached hydrogens (tertiary/aromatic N) is 5. The summed E-state index contributed by atoms with van der Waals surface area (Å²) in [6, 6.07) is 0. The van der Waals surface area contributed by atoms with Gasteiger partial charge in [0.2, 0.25) is 0 Å². The maximum absolute atomic E-state index is 10.5. The fourth-order valence-corrected chi connectivity index (χ4v) is 4.04. The second-order valence-corrected chi connectivity index (χ2v) is 7.00. The first kappa shape index (κ1) is 19.3. The highest BCUT2D eigenvalue weighted by atomic mass is 32.1. The van der Waals surface area contributed by atoms with E-state index in [1.807, 2.05) is 0 Å². The van der Waals surface area contributed by atoms with Gasteiger partial charge in [0.1, 0.15) is 17.9 Å². The standard InChI is InChI=1S/C16H26N6O3S/c1-3-21(4-2)6-5-16(13(26)12(24)10(7-23)25-16)22-9-20-11-14(17)18-8-19-15(11)22/h8-10,12-13,23-24,26H,3-7H2,1-2H3,(H2,17,18,19)/t10-,12-,13-,16-/m1/s1. The van der Waals surface area contributed by atoms with Crippen LogP contribution in [0.5, 0.6) is 0 Å². The molecule has 10 heteroatoms. The van der Waals surface area contributed by atoms with Crippen molar-refractivity contribution in [3.63, 3.8) is 0 Å². The van der Waals surface area contributed by atoms with Gasteiger partial charge in [0.25, 0.3) is 0 Å². The minimum atomic E-state index is -1.01. The Bertz CT molecular complexity index is 755. The Morgan fingerprint density at radius 2 is 2.08 bits per heavy atom. The van der Waals surface area contributed by atoms with Gasteiger partial charge >= 0.3 is 0 Å². The van der Waals surface area contributed by atoms with E-state index in [2.05, 4.69) is 46.3 Å². The molecule has 0 bridgehead atoms. The summed E-state index contributed by atoms with van der Waals surface area (Å²) in [4.78, 5) is 14.9. The first-order chi connectivity index (χ1) is 12.5. The highest BCUT2D eigenvalue weighted by molar-refractivity contribution is 7.81. The number of aliphatic hydroxyl groups is 2. The van der Waals surface area contributed by atoms with E-state index in [0.29, 0.717) is 17.6 Å². The molecule has 1 aliphatic heterocycles. The zero-order valence-corrected chi connectivity index (χ0v) is 15.9. The van der Waals surface area contributed by atoms with Gasteiger partial charge in [-0.2, -0.15) is 12.6 Å². The zero-order chi connectivity index (χ0) is 18.9. The maximum Gasteiger partial charge on any atom is 0.167 e. The molecule has 0 amide bonds. The van der Waals surface area contributed by atoms with Gasteiger partial charge in [-0.3, -0.25) is 4.57 Å². The van der Waals surface area contributed by atoms with Gasteiger partial charge in [0, 0.05) is 13.0 Å². The summed E-state index contributed by atoms with van der Waals surface area (Å²) in [7, 11) is 0. The van der Waals surface area contributed by atoms with Gasteiger partial charge in [-0.25, -0.2) is 15.0 Å². The number of thiol groups is 1. The molecule has 3 rings (SSSR count). The van der Waals surface area contributed by atoms with Gasteiger partial charge in [0.15, 0.2) is 17.2 Å². The van der Waals surface area contributed by atoms with Crippen molar-refractivity contribution in [2.75, 3.05) is 32.0 Å². The van der Waals surface area contributed by atoms with Crippen LogP contribution in [0, 0.1) is 0 Å². The van der Waals surface area contributed by atoms with Crippen LogP contribution < -0.4 is 5.73 Å². The molecule has 3 heterocycles. The predicted octanol–water partition coefficient (Wildman–Crippen LogP) is -0.156. The third kappa shape index (κ3) is 3.05. The van der Waals surface area contributed by atoms with Crippen molar-refractivity contribution < 1.29 is 14.9 Å². The Kier molecular flexibility index (Phi) is 5.68. The van der Waals surface area contributed by atoms with Gasteiger partial charge in [-0.1, -0.05) is 13.8 Å². The van der Waals surface area contributed by atoms with E-state index >= 15 is 0 Å². The molecular formula is C16H26N6O3S. The van der Waals surface area contributed by atoms with Crippen molar-refractivity contribution in [2.24, 2.45) is 0 Å². The number of nitrogen functional groups attached to an aromatic ring is 1. The number of rotatable bonds is 7. The molecule has 0 saturated carbocycles. The highest BCUT2D eigenvalue weighted by Gasteiger charge is 2.54. The minimum Gasteiger partial charge on any atom is -0.394 e. The lowest BCUT2D eigenvalue weighted by Crippen LogP contribution is -2.45. The van der Waals surface area contributed by atoms with Crippen LogP contribution in [0.4, 0.5) is 5.82 Å². The van der Waals surface area contributed by atoms with Crippen molar-refractivity contribution >= 4 is 29.6 Å². The molecule has 4 N–H and O–H groups in total. The lowest BCUT2D eigenvalue weighted by Gasteiger charge is -2.36. The Labute approximate surface area is 157 Å². The lowest BCUT2D eigenvalue weighted by molar-refractivity contribution is -0.120. The molecule has 9 nitrogen and oxygen atoms in total. The van der Waals surface area contributed by atoms with Crippen molar-refractivity contribution in [1.29, 1.82) is 0 Å². The average molecular weight is 382 g/mol. The number of aliphatic hydroxyl groups excluding tert-OH is 2.